The molecule has 9 heteroatoms. The van der Waals surface area contributed by atoms with Gasteiger partial charge in [-0.2, -0.15) is 15.0 Å². The molecular weight excluding hydrogens is 433 g/mol. The van der Waals surface area contributed by atoms with Gasteiger partial charge in [0.2, 0.25) is 17.8 Å². The van der Waals surface area contributed by atoms with Crippen LogP contribution < -0.4 is 20.7 Å². The zero-order valence-electron chi connectivity index (χ0n) is 20.6. The molecule has 0 amide bonds. The number of likely N-dealkylation sites (tertiary alicyclic amines) is 1. The van der Waals surface area contributed by atoms with E-state index in [0.29, 0.717) is 41.4 Å². The van der Waals surface area contributed by atoms with Crippen LogP contribution in [0.15, 0.2) is 18.2 Å². The minimum Gasteiger partial charge on any atom is -0.494 e. The van der Waals surface area contributed by atoms with E-state index in [1.54, 1.807) is 12.1 Å². The van der Waals surface area contributed by atoms with Crippen molar-refractivity contribution < 1.29 is 9.13 Å². The molecule has 2 aliphatic rings. The van der Waals surface area contributed by atoms with E-state index in [2.05, 4.69) is 49.6 Å². The highest BCUT2D eigenvalue weighted by atomic mass is 19.1. The Hall–Kier alpha value is -2.68. The number of halogens is 1. The Morgan fingerprint density at radius 2 is 1.74 bits per heavy atom. The van der Waals surface area contributed by atoms with Gasteiger partial charge in [0.1, 0.15) is 0 Å². The fourth-order valence-corrected chi connectivity index (χ4v) is 5.13. The lowest BCUT2D eigenvalue weighted by Gasteiger charge is -2.28. The van der Waals surface area contributed by atoms with Crippen LogP contribution in [0.5, 0.6) is 5.75 Å². The fraction of sp³-hybridized carbons (Fsp3) is 0.640. The van der Waals surface area contributed by atoms with Crippen molar-refractivity contribution in [2.75, 3.05) is 49.2 Å². The highest BCUT2D eigenvalue weighted by molar-refractivity contribution is 5.57. The summed E-state index contributed by atoms with van der Waals surface area (Å²) >= 11 is 0. The molecule has 1 aliphatic carbocycles. The summed E-state index contributed by atoms with van der Waals surface area (Å²) < 4.78 is 19.2. The molecule has 3 N–H and O–H groups in total. The Balaban J connectivity index is 1.49. The third-order valence-corrected chi connectivity index (χ3v) is 7.26. The summed E-state index contributed by atoms with van der Waals surface area (Å²) in [6.45, 7) is 8.35. The molecule has 2 aromatic rings. The molecule has 186 valence electrons. The van der Waals surface area contributed by atoms with Gasteiger partial charge >= 0.3 is 0 Å². The van der Waals surface area contributed by atoms with Crippen molar-refractivity contribution in [3.63, 3.8) is 0 Å². The largest absolute Gasteiger partial charge is 0.494 e. The predicted octanol–water partition coefficient (Wildman–Crippen LogP) is 4.90. The maximum Gasteiger partial charge on any atom is 0.233 e. The van der Waals surface area contributed by atoms with E-state index in [1.165, 1.54) is 51.7 Å². The van der Waals surface area contributed by atoms with E-state index in [0.717, 1.165) is 26.2 Å². The number of nitrogens with one attached hydrogen (secondary N) is 3. The molecule has 0 spiro atoms. The zero-order chi connectivity index (χ0) is 23.9. The maximum absolute atomic E-state index is 14.2. The fourth-order valence-electron chi connectivity index (χ4n) is 5.13. The molecule has 0 bridgehead atoms. The quantitative estimate of drug-likeness (QED) is 0.451. The predicted molar refractivity (Wildman–Crippen MR) is 134 cm³/mol. The molecule has 34 heavy (non-hydrogen) atoms. The average molecular weight is 472 g/mol. The summed E-state index contributed by atoms with van der Waals surface area (Å²) in [5.41, 5.74) is 0.551. The molecule has 8 nitrogen and oxygen atoms in total. The van der Waals surface area contributed by atoms with Crippen LogP contribution in [0.1, 0.15) is 52.4 Å². The van der Waals surface area contributed by atoms with Crippen LogP contribution >= 0.6 is 0 Å². The number of ether oxygens (including phenoxy) is 1. The van der Waals surface area contributed by atoms with Crippen LogP contribution in [-0.4, -0.2) is 59.2 Å². The van der Waals surface area contributed by atoms with Crippen LogP contribution in [0.2, 0.25) is 0 Å². The van der Waals surface area contributed by atoms with Gasteiger partial charge in [0, 0.05) is 30.9 Å². The van der Waals surface area contributed by atoms with Crippen molar-refractivity contribution in [2.24, 2.45) is 11.8 Å². The smallest absolute Gasteiger partial charge is 0.233 e. The van der Waals surface area contributed by atoms with Crippen molar-refractivity contribution in [2.45, 2.75) is 58.4 Å². The number of rotatable bonds is 10. The van der Waals surface area contributed by atoms with Gasteiger partial charge in [0.05, 0.1) is 7.11 Å². The molecule has 1 aromatic carbocycles. The van der Waals surface area contributed by atoms with Crippen LogP contribution in [0.3, 0.4) is 0 Å². The van der Waals surface area contributed by atoms with Gasteiger partial charge in [-0.3, -0.25) is 4.90 Å². The highest BCUT2D eigenvalue weighted by Gasteiger charge is 2.24. The number of likely N-dealkylation sites (N-methyl/N-ethyl adjacent to an activating group) is 1. The van der Waals surface area contributed by atoms with E-state index in [-0.39, 0.29) is 5.75 Å². The lowest BCUT2D eigenvalue weighted by atomic mass is 9.80. The van der Waals surface area contributed by atoms with Crippen molar-refractivity contribution in [3.05, 3.63) is 24.0 Å². The number of methoxy groups -OCH3 is 1. The number of anilines is 4. The lowest BCUT2D eigenvalue weighted by Crippen LogP contribution is -2.35. The molecular formula is C25H38FN7O. The summed E-state index contributed by atoms with van der Waals surface area (Å²) in [6, 6.07) is 5.19. The molecule has 1 saturated carbocycles. The number of aromatic nitrogens is 3. The van der Waals surface area contributed by atoms with Crippen molar-refractivity contribution >= 4 is 23.5 Å². The molecule has 3 atom stereocenters. The minimum atomic E-state index is -0.439. The molecule has 4 rings (SSSR count). The van der Waals surface area contributed by atoms with Gasteiger partial charge in [-0.1, -0.05) is 33.1 Å². The van der Waals surface area contributed by atoms with Gasteiger partial charge in [-0.15, -0.1) is 0 Å². The second kappa shape index (κ2) is 11.6. The first-order valence-electron chi connectivity index (χ1n) is 12.6. The summed E-state index contributed by atoms with van der Waals surface area (Å²) in [6.07, 6.45) is 7.51. The second-order valence-electron chi connectivity index (χ2n) is 9.49. The van der Waals surface area contributed by atoms with Gasteiger partial charge < -0.3 is 20.7 Å². The molecule has 1 aromatic heterocycles. The number of nitrogens with zero attached hydrogens (tertiary/aromatic N) is 4. The Morgan fingerprint density at radius 3 is 2.44 bits per heavy atom. The third-order valence-electron chi connectivity index (χ3n) is 7.26. The summed E-state index contributed by atoms with van der Waals surface area (Å²) in [4.78, 5) is 16.3. The van der Waals surface area contributed by atoms with Crippen molar-refractivity contribution in [1.29, 1.82) is 0 Å². The summed E-state index contributed by atoms with van der Waals surface area (Å²) in [7, 11) is 1.45. The molecule has 2 fully saturated rings. The average Bonchev–Trinajstić information content (AvgIpc) is 3.30. The summed E-state index contributed by atoms with van der Waals surface area (Å²) in [5, 5.41) is 9.98. The maximum atomic E-state index is 14.2. The van der Waals surface area contributed by atoms with Gasteiger partial charge in [0.15, 0.2) is 11.6 Å². The topological polar surface area (TPSA) is 87.2 Å². The third kappa shape index (κ3) is 6.25. The van der Waals surface area contributed by atoms with Crippen LogP contribution in [0.4, 0.5) is 27.9 Å². The first kappa shape index (κ1) is 24.4. The molecule has 1 saturated heterocycles. The first-order valence-corrected chi connectivity index (χ1v) is 12.6. The van der Waals surface area contributed by atoms with Crippen LogP contribution in [-0.2, 0) is 0 Å². The Labute approximate surface area is 202 Å². The highest BCUT2D eigenvalue weighted by Crippen LogP contribution is 2.30. The summed E-state index contributed by atoms with van der Waals surface area (Å²) in [5.74, 6) is 2.50. The van der Waals surface area contributed by atoms with Gasteiger partial charge in [-0.25, -0.2) is 4.39 Å². The van der Waals surface area contributed by atoms with Gasteiger partial charge in [0.25, 0.3) is 0 Å². The van der Waals surface area contributed by atoms with E-state index < -0.39 is 5.82 Å². The van der Waals surface area contributed by atoms with Crippen LogP contribution in [0.25, 0.3) is 0 Å². The van der Waals surface area contributed by atoms with Crippen LogP contribution in [0, 0.1) is 17.7 Å². The molecule has 3 unspecified atom stereocenters. The van der Waals surface area contributed by atoms with E-state index in [9.17, 15) is 4.39 Å². The van der Waals surface area contributed by atoms with E-state index in [4.69, 9.17) is 4.74 Å². The minimum absolute atomic E-state index is 0.199. The zero-order valence-corrected chi connectivity index (χ0v) is 20.6. The second-order valence-corrected chi connectivity index (χ2v) is 9.49. The van der Waals surface area contributed by atoms with E-state index in [1.807, 2.05) is 0 Å². The number of benzene rings is 1. The first-order chi connectivity index (χ1) is 16.6. The molecule has 1 aliphatic heterocycles. The monoisotopic (exact) mass is 471 g/mol. The van der Waals surface area contributed by atoms with E-state index >= 15 is 0 Å². The van der Waals surface area contributed by atoms with Crippen molar-refractivity contribution in [1.82, 2.24) is 19.9 Å². The van der Waals surface area contributed by atoms with Crippen molar-refractivity contribution in [3.8, 4) is 5.75 Å². The molecule has 2 heterocycles. The van der Waals surface area contributed by atoms with Gasteiger partial charge in [-0.05, 0) is 56.3 Å². The standard InChI is InChI=1S/C25H38FN7O/c1-4-33-13-7-10-20(33)16-28-24-30-23(27-15-18-9-6-5-8-17(18)2)31-25(32-24)29-19-11-12-22(34-3)21(26)14-19/h11-12,14,17-18,20H,4-10,13,15-16H2,1-3H3,(H3,27,28,29,30,31,32). The molecule has 0 radical (unpaired) electrons. The SMILES string of the molecule is CCN1CCCC1CNc1nc(NCC2CCCCC2C)nc(Nc2ccc(OC)c(F)c2)n1. The lowest BCUT2D eigenvalue weighted by molar-refractivity contribution is 0.268. The normalized spacial score (nSPS) is 23.0. The number of hydrogen-bond donors (Lipinski definition) is 3. The Bertz CT molecular complexity index is 919. The number of hydrogen-bond acceptors (Lipinski definition) is 8. The Morgan fingerprint density at radius 1 is 1.00 bits per heavy atom. The Kier molecular flexibility index (Phi) is 8.37.